The highest BCUT2D eigenvalue weighted by Gasteiger charge is 2.18. The zero-order valence-corrected chi connectivity index (χ0v) is 10.7. The molecule has 98 valence electrons. The fourth-order valence-corrected chi connectivity index (χ4v) is 2.42. The molecule has 0 aromatic heterocycles. The third-order valence-electron chi connectivity index (χ3n) is 3.72. The molecule has 1 heterocycles. The molecule has 3 nitrogen and oxygen atoms in total. The molecule has 1 fully saturated rings. The van der Waals surface area contributed by atoms with Crippen LogP contribution in [0.1, 0.15) is 29.6 Å². The minimum Gasteiger partial charge on any atom is -0.396 e. The standard InChI is InChI=1S/C15H21NO2/c17-12-13-6-9-16(10-7-13)11-8-15(18)14-4-2-1-3-5-14/h1-5,13,17H,6-12H2. The maximum Gasteiger partial charge on any atom is 0.164 e. The maximum atomic E-state index is 11.9. The first kappa shape index (κ1) is 13.2. The molecule has 0 spiro atoms. The van der Waals surface area contributed by atoms with Crippen molar-refractivity contribution in [1.29, 1.82) is 0 Å². The lowest BCUT2D eigenvalue weighted by atomic mass is 9.97. The Morgan fingerprint density at radius 2 is 1.89 bits per heavy atom. The van der Waals surface area contributed by atoms with E-state index in [1.807, 2.05) is 30.3 Å². The van der Waals surface area contributed by atoms with Gasteiger partial charge in [0.15, 0.2) is 5.78 Å². The molecule has 0 atom stereocenters. The first-order valence-electron chi connectivity index (χ1n) is 6.71. The van der Waals surface area contributed by atoms with Crippen LogP contribution in [0.3, 0.4) is 0 Å². The second-order valence-corrected chi connectivity index (χ2v) is 5.01. The SMILES string of the molecule is O=C(CCN1CCC(CO)CC1)c1ccccc1. The maximum absolute atomic E-state index is 11.9. The number of carbonyl (C=O) groups is 1. The van der Waals surface area contributed by atoms with Gasteiger partial charge in [-0.2, -0.15) is 0 Å². The molecule has 0 aliphatic carbocycles. The van der Waals surface area contributed by atoms with Gasteiger partial charge < -0.3 is 10.0 Å². The number of carbonyl (C=O) groups excluding carboxylic acids is 1. The van der Waals surface area contributed by atoms with Gasteiger partial charge in [-0.1, -0.05) is 30.3 Å². The molecule has 0 amide bonds. The van der Waals surface area contributed by atoms with E-state index in [-0.39, 0.29) is 5.78 Å². The van der Waals surface area contributed by atoms with Gasteiger partial charge in [0.25, 0.3) is 0 Å². The van der Waals surface area contributed by atoms with Crippen LogP contribution < -0.4 is 0 Å². The van der Waals surface area contributed by atoms with E-state index in [0.29, 0.717) is 18.9 Å². The highest BCUT2D eigenvalue weighted by atomic mass is 16.3. The second kappa shape index (κ2) is 6.66. The van der Waals surface area contributed by atoms with E-state index in [1.165, 1.54) is 0 Å². The Morgan fingerprint density at radius 1 is 1.22 bits per heavy atom. The van der Waals surface area contributed by atoms with Crippen molar-refractivity contribution < 1.29 is 9.90 Å². The summed E-state index contributed by atoms with van der Waals surface area (Å²) in [7, 11) is 0. The summed E-state index contributed by atoms with van der Waals surface area (Å²) >= 11 is 0. The largest absolute Gasteiger partial charge is 0.396 e. The number of ketones is 1. The number of nitrogens with zero attached hydrogens (tertiary/aromatic N) is 1. The van der Waals surface area contributed by atoms with Crippen molar-refractivity contribution in [3.63, 3.8) is 0 Å². The van der Waals surface area contributed by atoms with Gasteiger partial charge in [-0.15, -0.1) is 0 Å². The van der Waals surface area contributed by atoms with Gasteiger partial charge in [0, 0.05) is 25.1 Å². The van der Waals surface area contributed by atoms with E-state index in [4.69, 9.17) is 5.11 Å². The summed E-state index contributed by atoms with van der Waals surface area (Å²) in [5.74, 6) is 0.686. The van der Waals surface area contributed by atoms with E-state index in [9.17, 15) is 4.79 Å². The van der Waals surface area contributed by atoms with E-state index in [2.05, 4.69) is 4.90 Å². The first-order valence-corrected chi connectivity index (χ1v) is 6.71. The zero-order chi connectivity index (χ0) is 12.8. The number of hydrogen-bond donors (Lipinski definition) is 1. The molecule has 0 bridgehead atoms. The molecule has 3 heteroatoms. The average molecular weight is 247 g/mol. The summed E-state index contributed by atoms with van der Waals surface area (Å²) in [6, 6.07) is 9.48. The first-order chi connectivity index (χ1) is 8.79. The minimum absolute atomic E-state index is 0.222. The Kier molecular flexibility index (Phi) is 4.90. The van der Waals surface area contributed by atoms with Gasteiger partial charge >= 0.3 is 0 Å². The van der Waals surface area contributed by atoms with Crippen molar-refractivity contribution >= 4 is 5.78 Å². The van der Waals surface area contributed by atoms with Gasteiger partial charge in [-0.3, -0.25) is 4.79 Å². The number of aliphatic hydroxyl groups excluding tert-OH is 1. The van der Waals surface area contributed by atoms with Crippen LogP contribution in [0.15, 0.2) is 30.3 Å². The number of piperidine rings is 1. The van der Waals surface area contributed by atoms with Crippen LogP contribution in [0, 0.1) is 5.92 Å². The molecule has 0 unspecified atom stereocenters. The summed E-state index contributed by atoms with van der Waals surface area (Å²) < 4.78 is 0. The number of benzene rings is 1. The van der Waals surface area contributed by atoms with E-state index in [1.54, 1.807) is 0 Å². The van der Waals surface area contributed by atoms with Gasteiger partial charge in [0.2, 0.25) is 0 Å². The Labute approximate surface area is 108 Å². The summed E-state index contributed by atoms with van der Waals surface area (Å²) in [5, 5.41) is 9.07. The van der Waals surface area contributed by atoms with Crippen LogP contribution in [-0.2, 0) is 0 Å². The molecule has 2 rings (SSSR count). The Hall–Kier alpha value is -1.19. The zero-order valence-electron chi connectivity index (χ0n) is 10.7. The van der Waals surface area contributed by atoms with Crippen LogP contribution in [-0.4, -0.2) is 42.0 Å². The van der Waals surface area contributed by atoms with Gasteiger partial charge in [-0.25, -0.2) is 0 Å². The number of Topliss-reactive ketones (excluding diaryl/α,β-unsaturated/α-hetero) is 1. The van der Waals surface area contributed by atoms with Crippen molar-refractivity contribution in [1.82, 2.24) is 4.90 Å². The molecule has 1 aliphatic rings. The van der Waals surface area contributed by atoms with E-state index in [0.717, 1.165) is 38.0 Å². The average Bonchev–Trinajstić information content (AvgIpc) is 2.46. The lowest BCUT2D eigenvalue weighted by Crippen LogP contribution is -2.36. The fraction of sp³-hybridized carbons (Fsp3) is 0.533. The van der Waals surface area contributed by atoms with Gasteiger partial charge in [-0.05, 0) is 31.8 Å². The third-order valence-corrected chi connectivity index (χ3v) is 3.72. The normalized spacial score (nSPS) is 17.8. The van der Waals surface area contributed by atoms with Crippen molar-refractivity contribution in [3.05, 3.63) is 35.9 Å². The number of aliphatic hydroxyl groups is 1. The summed E-state index contributed by atoms with van der Waals surface area (Å²) in [6.07, 6.45) is 2.69. The highest BCUT2D eigenvalue weighted by Crippen LogP contribution is 2.16. The molecular weight excluding hydrogens is 226 g/mol. The van der Waals surface area contributed by atoms with Crippen LogP contribution in [0.5, 0.6) is 0 Å². The molecule has 1 aliphatic heterocycles. The summed E-state index contributed by atoms with van der Waals surface area (Å²) in [4.78, 5) is 14.3. The Bertz CT molecular complexity index is 369. The Balaban J connectivity index is 1.74. The number of likely N-dealkylation sites (tertiary alicyclic amines) is 1. The molecule has 0 radical (unpaired) electrons. The lowest BCUT2D eigenvalue weighted by molar-refractivity contribution is 0.0933. The molecule has 1 N–H and O–H groups in total. The smallest absolute Gasteiger partial charge is 0.164 e. The molecule has 18 heavy (non-hydrogen) atoms. The summed E-state index contributed by atoms with van der Waals surface area (Å²) in [6.45, 7) is 3.16. The quantitative estimate of drug-likeness (QED) is 0.809. The lowest BCUT2D eigenvalue weighted by Gasteiger charge is -2.30. The van der Waals surface area contributed by atoms with E-state index >= 15 is 0 Å². The monoisotopic (exact) mass is 247 g/mol. The minimum atomic E-state index is 0.222. The number of hydrogen-bond acceptors (Lipinski definition) is 3. The van der Waals surface area contributed by atoms with Gasteiger partial charge in [0.05, 0.1) is 0 Å². The van der Waals surface area contributed by atoms with Crippen LogP contribution in [0.2, 0.25) is 0 Å². The number of rotatable bonds is 5. The molecule has 1 saturated heterocycles. The van der Waals surface area contributed by atoms with Crippen molar-refractivity contribution in [2.45, 2.75) is 19.3 Å². The predicted octanol–water partition coefficient (Wildman–Crippen LogP) is 1.96. The topological polar surface area (TPSA) is 40.5 Å². The van der Waals surface area contributed by atoms with Crippen LogP contribution in [0.4, 0.5) is 0 Å². The van der Waals surface area contributed by atoms with Crippen molar-refractivity contribution in [2.75, 3.05) is 26.2 Å². The predicted molar refractivity (Wildman–Crippen MR) is 71.6 cm³/mol. The third kappa shape index (κ3) is 3.65. The Morgan fingerprint density at radius 3 is 2.50 bits per heavy atom. The van der Waals surface area contributed by atoms with E-state index < -0.39 is 0 Å². The van der Waals surface area contributed by atoms with Gasteiger partial charge in [0.1, 0.15) is 0 Å². The van der Waals surface area contributed by atoms with Crippen molar-refractivity contribution in [2.24, 2.45) is 5.92 Å². The molecular formula is C15H21NO2. The van der Waals surface area contributed by atoms with Crippen molar-refractivity contribution in [3.8, 4) is 0 Å². The van der Waals surface area contributed by atoms with Crippen LogP contribution in [0.25, 0.3) is 0 Å². The molecule has 1 aromatic rings. The molecule has 1 aromatic carbocycles. The fourth-order valence-electron chi connectivity index (χ4n) is 2.42. The summed E-state index contributed by atoms with van der Waals surface area (Å²) in [5.41, 5.74) is 0.808. The highest BCUT2D eigenvalue weighted by molar-refractivity contribution is 5.96. The second-order valence-electron chi connectivity index (χ2n) is 5.01. The molecule has 0 saturated carbocycles. The van der Waals surface area contributed by atoms with Crippen LogP contribution >= 0.6 is 0 Å².